The van der Waals surface area contributed by atoms with Gasteiger partial charge in [-0.15, -0.1) is 0 Å². The molecule has 0 unspecified atom stereocenters. The van der Waals surface area contributed by atoms with Crippen molar-refractivity contribution < 1.29 is 24.0 Å². The molecule has 8 nitrogen and oxygen atoms in total. The standard InChI is InChI=1S/C19H21N3O5/c1-12-20-15(27-22-12)9-26-14-5-3-13(4-6-14)21-16(23)19(17(24)25)10-18(11-19)7-2-8-18/h3-6H,2,7-11H2,1H3,(H,21,23)(H,24,25). The monoisotopic (exact) mass is 371 g/mol. The van der Waals surface area contributed by atoms with Crippen LogP contribution in [0.15, 0.2) is 28.8 Å². The first kappa shape index (κ1) is 17.5. The maximum atomic E-state index is 12.6. The Kier molecular flexibility index (Phi) is 4.13. The smallest absolute Gasteiger partial charge is 0.319 e. The number of amides is 1. The molecule has 1 aromatic heterocycles. The molecule has 2 saturated carbocycles. The lowest BCUT2D eigenvalue weighted by molar-refractivity contribution is -0.178. The number of ether oxygens (including phenoxy) is 1. The predicted molar refractivity (Wildman–Crippen MR) is 94.0 cm³/mol. The van der Waals surface area contributed by atoms with Gasteiger partial charge in [0.2, 0.25) is 5.91 Å². The normalized spacial score (nSPS) is 19.0. The molecule has 1 amide bonds. The van der Waals surface area contributed by atoms with Crippen LogP contribution in [0.5, 0.6) is 5.75 Å². The van der Waals surface area contributed by atoms with Gasteiger partial charge in [-0.3, -0.25) is 9.59 Å². The van der Waals surface area contributed by atoms with Crippen molar-refractivity contribution in [2.45, 2.75) is 45.6 Å². The molecule has 0 radical (unpaired) electrons. The number of carboxylic acid groups (broad SMARTS) is 1. The minimum Gasteiger partial charge on any atom is -0.484 e. The Balaban J connectivity index is 1.36. The zero-order chi connectivity index (χ0) is 19.1. The SMILES string of the molecule is Cc1noc(COc2ccc(NC(=O)C3(C(=O)O)CC4(CCC4)C3)cc2)n1. The van der Waals surface area contributed by atoms with E-state index in [2.05, 4.69) is 15.5 Å². The molecule has 8 heteroatoms. The molecule has 1 aromatic carbocycles. The van der Waals surface area contributed by atoms with E-state index in [1.807, 2.05) is 0 Å². The van der Waals surface area contributed by atoms with Crippen molar-refractivity contribution >= 4 is 17.6 Å². The molecule has 2 fully saturated rings. The Labute approximate surface area is 155 Å². The van der Waals surface area contributed by atoms with Gasteiger partial charge in [0.1, 0.15) is 11.2 Å². The zero-order valence-electron chi connectivity index (χ0n) is 15.0. The van der Waals surface area contributed by atoms with Crippen LogP contribution in [0.2, 0.25) is 0 Å². The Morgan fingerprint density at radius 3 is 2.48 bits per heavy atom. The van der Waals surface area contributed by atoms with Gasteiger partial charge in [0.05, 0.1) is 0 Å². The van der Waals surface area contributed by atoms with E-state index in [1.54, 1.807) is 31.2 Å². The number of hydrogen-bond donors (Lipinski definition) is 2. The van der Waals surface area contributed by atoms with Crippen molar-refractivity contribution in [1.29, 1.82) is 0 Å². The summed E-state index contributed by atoms with van der Waals surface area (Å²) in [5.41, 5.74) is -0.678. The van der Waals surface area contributed by atoms with Crippen molar-refractivity contribution in [3.05, 3.63) is 36.0 Å². The van der Waals surface area contributed by atoms with E-state index >= 15 is 0 Å². The van der Waals surface area contributed by atoms with Crippen LogP contribution in [0.25, 0.3) is 0 Å². The van der Waals surface area contributed by atoms with Gasteiger partial charge >= 0.3 is 5.97 Å². The number of nitrogens with one attached hydrogen (secondary N) is 1. The third kappa shape index (κ3) is 3.15. The summed E-state index contributed by atoms with van der Waals surface area (Å²) in [6.07, 6.45) is 4.06. The molecule has 142 valence electrons. The van der Waals surface area contributed by atoms with Gasteiger partial charge in [-0.05, 0) is 62.3 Å². The lowest BCUT2D eigenvalue weighted by Gasteiger charge is -2.58. The van der Waals surface area contributed by atoms with Gasteiger partial charge in [0.25, 0.3) is 5.89 Å². The average Bonchev–Trinajstić information content (AvgIpc) is 2.97. The topological polar surface area (TPSA) is 115 Å². The molecule has 2 aliphatic rings. The summed E-state index contributed by atoms with van der Waals surface area (Å²) in [7, 11) is 0. The van der Waals surface area contributed by atoms with E-state index in [9.17, 15) is 14.7 Å². The van der Waals surface area contributed by atoms with Crippen LogP contribution >= 0.6 is 0 Å². The van der Waals surface area contributed by atoms with Gasteiger partial charge in [-0.25, -0.2) is 0 Å². The zero-order valence-corrected chi connectivity index (χ0v) is 15.0. The maximum Gasteiger partial charge on any atom is 0.319 e. The third-order valence-corrected chi connectivity index (χ3v) is 5.66. The summed E-state index contributed by atoms with van der Waals surface area (Å²) in [6, 6.07) is 6.75. The van der Waals surface area contributed by atoms with Crippen molar-refractivity contribution in [3.63, 3.8) is 0 Å². The lowest BCUT2D eigenvalue weighted by atomic mass is 9.45. The third-order valence-electron chi connectivity index (χ3n) is 5.66. The van der Waals surface area contributed by atoms with E-state index in [-0.39, 0.29) is 12.0 Å². The molecule has 27 heavy (non-hydrogen) atoms. The highest BCUT2D eigenvalue weighted by Crippen LogP contribution is 2.64. The van der Waals surface area contributed by atoms with Crippen LogP contribution in [-0.2, 0) is 16.2 Å². The number of hydrogen-bond acceptors (Lipinski definition) is 6. The molecule has 0 bridgehead atoms. The van der Waals surface area contributed by atoms with Crippen molar-refractivity contribution in [3.8, 4) is 5.75 Å². The molecule has 0 atom stereocenters. The van der Waals surface area contributed by atoms with E-state index in [0.717, 1.165) is 19.3 Å². The molecule has 1 spiro atoms. The predicted octanol–water partition coefficient (Wildman–Crippen LogP) is 2.93. The fourth-order valence-electron chi connectivity index (χ4n) is 4.10. The first-order valence-corrected chi connectivity index (χ1v) is 8.98. The van der Waals surface area contributed by atoms with Gasteiger partial charge in [0.15, 0.2) is 12.4 Å². The fourth-order valence-corrected chi connectivity index (χ4v) is 4.10. The summed E-state index contributed by atoms with van der Waals surface area (Å²) < 4.78 is 10.5. The van der Waals surface area contributed by atoms with Crippen molar-refractivity contribution in [2.24, 2.45) is 10.8 Å². The molecular weight excluding hydrogens is 350 g/mol. The second-order valence-corrected chi connectivity index (χ2v) is 7.60. The van der Waals surface area contributed by atoms with Crippen LogP contribution in [0.3, 0.4) is 0 Å². The minimum atomic E-state index is -1.30. The van der Waals surface area contributed by atoms with Gasteiger partial charge < -0.3 is 19.7 Å². The number of rotatable bonds is 6. The van der Waals surface area contributed by atoms with E-state index < -0.39 is 17.3 Å². The van der Waals surface area contributed by atoms with Gasteiger partial charge in [0, 0.05) is 5.69 Å². The van der Waals surface area contributed by atoms with Crippen LogP contribution in [0, 0.1) is 17.8 Å². The Morgan fingerprint density at radius 1 is 1.26 bits per heavy atom. The number of anilines is 1. The number of carboxylic acids is 1. The van der Waals surface area contributed by atoms with Crippen LogP contribution in [0.1, 0.15) is 43.8 Å². The second kappa shape index (κ2) is 6.37. The Morgan fingerprint density at radius 2 is 1.96 bits per heavy atom. The van der Waals surface area contributed by atoms with Gasteiger partial charge in [-0.2, -0.15) is 4.98 Å². The maximum absolute atomic E-state index is 12.6. The van der Waals surface area contributed by atoms with E-state index in [4.69, 9.17) is 9.26 Å². The minimum absolute atomic E-state index is 0.0839. The van der Waals surface area contributed by atoms with E-state index in [0.29, 0.717) is 36.0 Å². The van der Waals surface area contributed by atoms with Crippen molar-refractivity contribution in [2.75, 3.05) is 5.32 Å². The Hall–Kier alpha value is -2.90. The molecule has 2 N–H and O–H groups in total. The molecule has 1 heterocycles. The number of aromatic nitrogens is 2. The highest BCUT2D eigenvalue weighted by molar-refractivity contribution is 6.09. The van der Waals surface area contributed by atoms with E-state index in [1.165, 1.54) is 0 Å². The van der Waals surface area contributed by atoms with Crippen molar-refractivity contribution in [1.82, 2.24) is 10.1 Å². The largest absolute Gasteiger partial charge is 0.484 e. The first-order valence-electron chi connectivity index (χ1n) is 8.98. The van der Waals surface area contributed by atoms with Crippen LogP contribution in [-0.4, -0.2) is 27.1 Å². The molecule has 4 rings (SSSR count). The number of nitrogens with zero attached hydrogens (tertiary/aromatic N) is 2. The number of aryl methyl sites for hydroxylation is 1. The highest BCUT2D eigenvalue weighted by Gasteiger charge is 2.64. The van der Waals surface area contributed by atoms with Crippen LogP contribution < -0.4 is 10.1 Å². The fraction of sp³-hybridized carbons (Fsp3) is 0.474. The van der Waals surface area contributed by atoms with Gasteiger partial charge in [-0.1, -0.05) is 11.6 Å². The quantitative estimate of drug-likeness (QED) is 0.750. The number of carbonyl (C=O) groups is 2. The summed E-state index contributed by atoms with van der Waals surface area (Å²) >= 11 is 0. The molecule has 2 aliphatic carbocycles. The summed E-state index contributed by atoms with van der Waals surface area (Å²) in [6.45, 7) is 1.88. The highest BCUT2D eigenvalue weighted by atomic mass is 16.5. The Bertz CT molecular complexity index is 862. The molecule has 2 aromatic rings. The summed E-state index contributed by atoms with van der Waals surface area (Å²) in [5, 5.41) is 16.0. The molecule has 0 aliphatic heterocycles. The summed E-state index contributed by atoms with van der Waals surface area (Å²) in [5.74, 6) is 0.0191. The summed E-state index contributed by atoms with van der Waals surface area (Å²) in [4.78, 5) is 28.4. The molecular formula is C19H21N3O5. The second-order valence-electron chi connectivity index (χ2n) is 7.60. The average molecular weight is 371 g/mol. The number of carbonyl (C=O) groups excluding carboxylic acids is 1. The molecule has 0 saturated heterocycles. The number of benzene rings is 1. The van der Waals surface area contributed by atoms with Crippen LogP contribution in [0.4, 0.5) is 5.69 Å². The first-order chi connectivity index (χ1) is 12.9. The lowest BCUT2D eigenvalue weighted by Crippen LogP contribution is -2.59. The number of aliphatic carboxylic acids is 1.